The third-order valence-electron chi connectivity index (χ3n) is 4.76. The fourth-order valence-electron chi connectivity index (χ4n) is 3.09. The van der Waals surface area contributed by atoms with Crippen LogP contribution in [0.15, 0.2) is 50.3 Å². The molecule has 0 radical (unpaired) electrons. The van der Waals surface area contributed by atoms with Crippen molar-refractivity contribution in [2.45, 2.75) is 32.7 Å². The smallest absolute Gasteiger partial charge is 0.262 e. The highest BCUT2D eigenvalue weighted by Crippen LogP contribution is 2.13. The molecule has 0 aliphatic heterocycles. The first-order chi connectivity index (χ1) is 14.9. The number of aromatic amines is 1. The van der Waals surface area contributed by atoms with Gasteiger partial charge in [-0.3, -0.25) is 14.2 Å². The number of benzene rings is 1. The van der Waals surface area contributed by atoms with Gasteiger partial charge in [0.2, 0.25) is 5.89 Å². The summed E-state index contributed by atoms with van der Waals surface area (Å²) in [5.41, 5.74) is 0.658. The molecular formula is C21H21N5O4S. The molecule has 0 spiro atoms. The van der Waals surface area contributed by atoms with E-state index in [9.17, 15) is 9.59 Å². The largest absolute Gasteiger partial charge is 0.467 e. The highest BCUT2D eigenvalue weighted by molar-refractivity contribution is 7.71. The van der Waals surface area contributed by atoms with Gasteiger partial charge in [-0.2, -0.15) is 4.98 Å². The number of carbonyl (C=O) groups is 1. The number of hydrogen-bond acceptors (Lipinski definition) is 7. The molecule has 0 saturated heterocycles. The molecule has 1 amide bonds. The summed E-state index contributed by atoms with van der Waals surface area (Å²) in [6.45, 7) is 4.53. The summed E-state index contributed by atoms with van der Waals surface area (Å²) in [5, 5.41) is 7.15. The Morgan fingerprint density at radius 2 is 2.16 bits per heavy atom. The minimum atomic E-state index is -0.274. The Bertz CT molecular complexity index is 1330. The van der Waals surface area contributed by atoms with Crippen molar-refractivity contribution in [1.29, 1.82) is 0 Å². The molecule has 0 fully saturated rings. The Morgan fingerprint density at radius 3 is 2.87 bits per heavy atom. The van der Waals surface area contributed by atoms with Crippen molar-refractivity contribution in [2.75, 3.05) is 6.54 Å². The quantitative estimate of drug-likeness (QED) is 0.425. The van der Waals surface area contributed by atoms with Crippen molar-refractivity contribution in [3.63, 3.8) is 0 Å². The van der Waals surface area contributed by atoms with Crippen LogP contribution in [0.25, 0.3) is 10.9 Å². The van der Waals surface area contributed by atoms with E-state index in [1.165, 1.54) is 4.57 Å². The highest BCUT2D eigenvalue weighted by Gasteiger charge is 2.13. The first kappa shape index (κ1) is 20.7. The zero-order valence-electron chi connectivity index (χ0n) is 17.0. The summed E-state index contributed by atoms with van der Waals surface area (Å²) >= 11 is 5.34. The summed E-state index contributed by atoms with van der Waals surface area (Å²) in [6, 6.07) is 8.36. The van der Waals surface area contributed by atoms with Crippen LogP contribution >= 0.6 is 12.2 Å². The molecule has 0 saturated carbocycles. The van der Waals surface area contributed by atoms with Crippen LogP contribution in [-0.4, -0.2) is 32.1 Å². The Morgan fingerprint density at radius 1 is 1.32 bits per heavy atom. The molecular weight excluding hydrogens is 418 g/mol. The second kappa shape index (κ2) is 8.68. The van der Waals surface area contributed by atoms with Gasteiger partial charge in [0.15, 0.2) is 10.6 Å². The van der Waals surface area contributed by atoms with Gasteiger partial charge >= 0.3 is 0 Å². The van der Waals surface area contributed by atoms with E-state index in [1.54, 1.807) is 36.6 Å². The molecule has 4 rings (SSSR count). The summed E-state index contributed by atoms with van der Waals surface area (Å²) in [4.78, 5) is 32.7. The minimum absolute atomic E-state index is 0.180. The highest BCUT2D eigenvalue weighted by atomic mass is 32.1. The van der Waals surface area contributed by atoms with Crippen LogP contribution < -0.4 is 10.9 Å². The third kappa shape index (κ3) is 4.48. The second-order valence-electron chi connectivity index (χ2n) is 7.37. The summed E-state index contributed by atoms with van der Waals surface area (Å²) in [6.07, 6.45) is 1.97. The molecule has 10 heteroatoms. The first-order valence-corrected chi connectivity index (χ1v) is 10.2. The first-order valence-electron chi connectivity index (χ1n) is 9.82. The van der Waals surface area contributed by atoms with E-state index in [-0.39, 0.29) is 28.7 Å². The van der Waals surface area contributed by atoms with Crippen molar-refractivity contribution in [3.05, 3.63) is 74.8 Å². The third-order valence-corrected chi connectivity index (χ3v) is 5.09. The van der Waals surface area contributed by atoms with Crippen LogP contribution in [0.5, 0.6) is 0 Å². The molecule has 0 bridgehead atoms. The Kier molecular flexibility index (Phi) is 5.81. The van der Waals surface area contributed by atoms with Crippen molar-refractivity contribution in [2.24, 2.45) is 0 Å². The maximum atomic E-state index is 12.8. The molecule has 0 unspecified atom stereocenters. The van der Waals surface area contributed by atoms with Crippen molar-refractivity contribution >= 4 is 29.0 Å². The summed E-state index contributed by atoms with van der Waals surface area (Å²) in [7, 11) is 0. The van der Waals surface area contributed by atoms with Crippen LogP contribution in [0.3, 0.4) is 0 Å². The number of amides is 1. The van der Waals surface area contributed by atoms with Gasteiger partial charge in [0.05, 0.1) is 23.7 Å². The van der Waals surface area contributed by atoms with Gasteiger partial charge in [-0.25, -0.2) is 0 Å². The average Bonchev–Trinajstić information content (AvgIpc) is 3.43. The molecule has 2 N–H and O–H groups in total. The standard InChI is InChI=1S/C21H21N5O4S/c1-12(2)18-24-17(30-25-18)7-8-22-19(27)13-5-6-15-16(10-13)23-21(31)26(20(15)28)11-14-4-3-9-29-14/h3-6,9-10,12H,7-8,11H2,1-2H3,(H,22,27)(H,23,31). The number of nitrogens with one attached hydrogen (secondary N) is 2. The monoisotopic (exact) mass is 439 g/mol. The molecule has 4 aromatic rings. The van der Waals surface area contributed by atoms with Gasteiger partial charge in [-0.1, -0.05) is 19.0 Å². The van der Waals surface area contributed by atoms with E-state index in [2.05, 4.69) is 20.4 Å². The van der Waals surface area contributed by atoms with Gasteiger partial charge in [-0.05, 0) is 42.5 Å². The maximum absolute atomic E-state index is 12.8. The van der Waals surface area contributed by atoms with Crippen molar-refractivity contribution in [1.82, 2.24) is 25.0 Å². The van der Waals surface area contributed by atoms with E-state index in [0.29, 0.717) is 46.9 Å². The zero-order chi connectivity index (χ0) is 22.0. The number of furan rings is 1. The number of fused-ring (bicyclic) bond motifs is 1. The van der Waals surface area contributed by atoms with Crippen molar-refractivity contribution < 1.29 is 13.7 Å². The van der Waals surface area contributed by atoms with Crippen molar-refractivity contribution in [3.8, 4) is 0 Å². The Labute approximate surface area is 182 Å². The lowest BCUT2D eigenvalue weighted by atomic mass is 10.1. The molecule has 3 aromatic heterocycles. The maximum Gasteiger partial charge on any atom is 0.262 e. The fourth-order valence-corrected chi connectivity index (χ4v) is 3.34. The Hall–Kier alpha value is -3.53. The second-order valence-corrected chi connectivity index (χ2v) is 7.75. The lowest BCUT2D eigenvalue weighted by Gasteiger charge is -2.08. The van der Waals surface area contributed by atoms with Crippen LogP contribution in [0, 0.1) is 4.77 Å². The predicted octanol–water partition coefficient (Wildman–Crippen LogP) is 3.18. The van der Waals surface area contributed by atoms with Gasteiger partial charge in [0, 0.05) is 24.4 Å². The number of hydrogen-bond donors (Lipinski definition) is 2. The number of nitrogens with zero attached hydrogens (tertiary/aromatic N) is 3. The van der Waals surface area contributed by atoms with E-state index >= 15 is 0 Å². The number of aromatic nitrogens is 4. The molecule has 9 nitrogen and oxygen atoms in total. The van der Waals surface area contributed by atoms with E-state index in [0.717, 1.165) is 0 Å². The van der Waals surface area contributed by atoms with Crippen LogP contribution in [-0.2, 0) is 13.0 Å². The fraction of sp³-hybridized carbons (Fsp3) is 0.286. The molecule has 0 aliphatic rings. The zero-order valence-corrected chi connectivity index (χ0v) is 17.9. The van der Waals surface area contributed by atoms with Gasteiger partial charge in [-0.15, -0.1) is 0 Å². The molecule has 1 aromatic carbocycles. The van der Waals surface area contributed by atoms with Gasteiger partial charge < -0.3 is 19.2 Å². The molecule has 31 heavy (non-hydrogen) atoms. The van der Waals surface area contributed by atoms with E-state index < -0.39 is 0 Å². The minimum Gasteiger partial charge on any atom is -0.467 e. The summed E-state index contributed by atoms with van der Waals surface area (Å²) < 4.78 is 12.2. The topological polar surface area (TPSA) is 119 Å². The molecule has 0 atom stereocenters. The van der Waals surface area contributed by atoms with Crippen LogP contribution in [0.4, 0.5) is 0 Å². The number of carbonyl (C=O) groups excluding carboxylic acids is 1. The van der Waals surface area contributed by atoms with Crippen LogP contribution in [0.2, 0.25) is 0 Å². The lowest BCUT2D eigenvalue weighted by Crippen LogP contribution is -2.26. The lowest BCUT2D eigenvalue weighted by molar-refractivity contribution is 0.0953. The summed E-state index contributed by atoms with van der Waals surface area (Å²) in [5.74, 6) is 1.65. The average molecular weight is 439 g/mol. The van der Waals surface area contributed by atoms with E-state index in [1.807, 2.05) is 13.8 Å². The Balaban J connectivity index is 1.48. The number of rotatable bonds is 7. The normalized spacial score (nSPS) is 11.3. The van der Waals surface area contributed by atoms with E-state index in [4.69, 9.17) is 21.2 Å². The molecule has 160 valence electrons. The SMILES string of the molecule is CC(C)c1noc(CCNC(=O)c2ccc3c(=O)n(Cc4ccco4)c(=S)[nH]c3c2)n1. The van der Waals surface area contributed by atoms with Gasteiger partial charge in [0.1, 0.15) is 5.76 Å². The van der Waals surface area contributed by atoms with Gasteiger partial charge in [0.25, 0.3) is 11.5 Å². The number of H-pyrrole nitrogens is 1. The van der Waals surface area contributed by atoms with Crippen LogP contribution in [0.1, 0.15) is 47.6 Å². The molecule has 3 heterocycles. The molecule has 0 aliphatic carbocycles. The predicted molar refractivity (Wildman–Crippen MR) is 116 cm³/mol.